The lowest BCUT2D eigenvalue weighted by atomic mass is 10.1. The van der Waals surface area contributed by atoms with Crippen molar-refractivity contribution in [3.63, 3.8) is 0 Å². The van der Waals surface area contributed by atoms with Crippen molar-refractivity contribution >= 4 is 35.3 Å². The molecule has 0 aliphatic rings. The van der Waals surface area contributed by atoms with Gasteiger partial charge in [-0.3, -0.25) is 28.8 Å². The number of Topliss-reactive ketones (excluding diaryl/α,β-unsaturated/α-hetero) is 3. The number of rotatable bonds is 14. The first-order chi connectivity index (χ1) is 12.6. The second-order valence-corrected chi connectivity index (χ2v) is 6.15. The van der Waals surface area contributed by atoms with Crippen molar-refractivity contribution in [2.75, 3.05) is 13.2 Å². The topological polar surface area (TPSA) is 130 Å². The summed E-state index contributed by atoms with van der Waals surface area (Å²) in [5, 5.41) is 0. The summed E-state index contributed by atoms with van der Waals surface area (Å²) in [6, 6.07) is 0. The lowest BCUT2D eigenvalue weighted by Gasteiger charge is -2.17. The summed E-state index contributed by atoms with van der Waals surface area (Å²) < 4.78 is 14.9. The van der Waals surface area contributed by atoms with Gasteiger partial charge in [0.25, 0.3) is 0 Å². The molecule has 0 fully saturated rings. The van der Waals surface area contributed by atoms with E-state index in [1.165, 1.54) is 20.8 Å². The highest BCUT2D eigenvalue weighted by atomic mass is 16.6. The molecule has 0 aliphatic carbocycles. The maximum atomic E-state index is 11.6. The number of ether oxygens (including phenoxy) is 3. The molecular formula is C18H26O9. The van der Waals surface area contributed by atoms with Crippen LogP contribution in [0.4, 0.5) is 0 Å². The third kappa shape index (κ3) is 15.4. The standard InChI is InChI=1S/C18H26O9/c1-12(19)8-16(22)25-7-5-4-6-15(27-18(24)10-14(3)21)11-26-17(23)9-13(2)20/h15H,4-11H2,1-3H3. The van der Waals surface area contributed by atoms with E-state index in [0.717, 1.165) is 0 Å². The fourth-order valence-electron chi connectivity index (χ4n) is 1.96. The maximum Gasteiger partial charge on any atom is 0.313 e. The van der Waals surface area contributed by atoms with E-state index in [0.29, 0.717) is 19.3 Å². The van der Waals surface area contributed by atoms with Gasteiger partial charge < -0.3 is 14.2 Å². The average molecular weight is 386 g/mol. The van der Waals surface area contributed by atoms with E-state index in [1.54, 1.807) is 0 Å². The molecule has 0 N–H and O–H groups in total. The van der Waals surface area contributed by atoms with E-state index in [9.17, 15) is 28.8 Å². The summed E-state index contributed by atoms with van der Waals surface area (Å²) in [6.45, 7) is 3.65. The zero-order chi connectivity index (χ0) is 20.8. The van der Waals surface area contributed by atoms with Crippen molar-refractivity contribution < 1.29 is 43.0 Å². The van der Waals surface area contributed by atoms with Crippen LogP contribution in [0.15, 0.2) is 0 Å². The van der Waals surface area contributed by atoms with Crippen LogP contribution in [0.3, 0.4) is 0 Å². The van der Waals surface area contributed by atoms with Crippen LogP contribution in [-0.2, 0) is 43.0 Å². The highest BCUT2D eigenvalue weighted by molar-refractivity contribution is 5.95. The first-order valence-corrected chi connectivity index (χ1v) is 8.59. The molecule has 0 aromatic rings. The molecule has 1 atom stereocenters. The number of esters is 3. The summed E-state index contributed by atoms with van der Waals surface area (Å²) in [5.74, 6) is -3.06. The molecule has 0 aliphatic heterocycles. The Bertz CT molecular complexity index is 565. The van der Waals surface area contributed by atoms with Gasteiger partial charge in [0.15, 0.2) is 0 Å². The summed E-state index contributed by atoms with van der Waals surface area (Å²) in [5.41, 5.74) is 0. The minimum atomic E-state index is -0.777. The second-order valence-electron chi connectivity index (χ2n) is 6.15. The monoisotopic (exact) mass is 386 g/mol. The van der Waals surface area contributed by atoms with Gasteiger partial charge in [-0.15, -0.1) is 0 Å². The lowest BCUT2D eigenvalue weighted by Crippen LogP contribution is -2.26. The molecule has 9 nitrogen and oxygen atoms in total. The predicted molar refractivity (Wildman–Crippen MR) is 91.5 cm³/mol. The largest absolute Gasteiger partial charge is 0.465 e. The molecule has 1 unspecified atom stereocenters. The highest BCUT2D eigenvalue weighted by Gasteiger charge is 2.18. The minimum absolute atomic E-state index is 0.102. The summed E-state index contributed by atoms with van der Waals surface area (Å²) in [4.78, 5) is 66.9. The Labute approximate surface area is 157 Å². The molecule has 0 amide bonds. The number of unbranched alkanes of at least 4 members (excludes halogenated alkanes) is 1. The highest BCUT2D eigenvalue weighted by Crippen LogP contribution is 2.09. The van der Waals surface area contributed by atoms with Gasteiger partial charge in [0.05, 0.1) is 6.61 Å². The number of hydrogen-bond acceptors (Lipinski definition) is 9. The smallest absolute Gasteiger partial charge is 0.313 e. The first kappa shape index (κ1) is 24.4. The van der Waals surface area contributed by atoms with E-state index >= 15 is 0 Å². The van der Waals surface area contributed by atoms with Gasteiger partial charge in [-0.2, -0.15) is 0 Å². The van der Waals surface area contributed by atoms with Gasteiger partial charge in [-0.25, -0.2) is 0 Å². The van der Waals surface area contributed by atoms with E-state index < -0.39 is 24.0 Å². The molecule has 0 aromatic heterocycles. The summed E-state index contributed by atoms with van der Waals surface area (Å²) in [6.07, 6.45) is -0.582. The van der Waals surface area contributed by atoms with Crippen LogP contribution in [0.5, 0.6) is 0 Å². The third-order valence-corrected chi connectivity index (χ3v) is 3.09. The molecule has 0 aromatic carbocycles. The SMILES string of the molecule is CC(=O)CC(=O)OCCCCC(COC(=O)CC(C)=O)OC(=O)CC(C)=O. The molecule has 152 valence electrons. The van der Waals surface area contributed by atoms with Crippen LogP contribution in [-0.4, -0.2) is 54.6 Å². The number of hydrogen-bond donors (Lipinski definition) is 0. The van der Waals surface area contributed by atoms with E-state index in [2.05, 4.69) is 0 Å². The lowest BCUT2D eigenvalue weighted by molar-refractivity contribution is -0.161. The van der Waals surface area contributed by atoms with Crippen LogP contribution >= 0.6 is 0 Å². The zero-order valence-corrected chi connectivity index (χ0v) is 15.9. The number of carbonyl (C=O) groups is 6. The molecule has 0 saturated heterocycles. The maximum absolute atomic E-state index is 11.6. The number of carbonyl (C=O) groups excluding carboxylic acids is 6. The first-order valence-electron chi connectivity index (χ1n) is 8.59. The minimum Gasteiger partial charge on any atom is -0.465 e. The van der Waals surface area contributed by atoms with Gasteiger partial charge in [0, 0.05) is 0 Å². The molecular weight excluding hydrogens is 360 g/mol. The molecule has 9 heteroatoms. The predicted octanol–water partition coefficient (Wildman–Crippen LogP) is 1.09. The Balaban J connectivity index is 4.35. The fraction of sp³-hybridized carbons (Fsp3) is 0.667. The Morgan fingerprint density at radius 3 is 1.67 bits per heavy atom. The fourth-order valence-corrected chi connectivity index (χ4v) is 1.96. The van der Waals surface area contributed by atoms with Crippen LogP contribution in [0.1, 0.15) is 59.3 Å². The molecule has 0 heterocycles. The quantitative estimate of drug-likeness (QED) is 0.186. The Hall–Kier alpha value is -2.58. The molecule has 0 rings (SSSR count). The van der Waals surface area contributed by atoms with Gasteiger partial charge in [-0.05, 0) is 40.0 Å². The third-order valence-electron chi connectivity index (χ3n) is 3.09. The average Bonchev–Trinajstić information content (AvgIpc) is 2.49. The Kier molecular flexibility index (Phi) is 12.3. The molecule has 27 heavy (non-hydrogen) atoms. The van der Waals surface area contributed by atoms with Gasteiger partial charge >= 0.3 is 17.9 Å². The normalized spacial score (nSPS) is 11.2. The summed E-state index contributed by atoms with van der Waals surface area (Å²) in [7, 11) is 0. The van der Waals surface area contributed by atoms with Crippen LogP contribution < -0.4 is 0 Å². The van der Waals surface area contributed by atoms with Gasteiger partial charge in [0.1, 0.15) is 49.3 Å². The second kappa shape index (κ2) is 13.6. The van der Waals surface area contributed by atoms with Crippen LogP contribution in [0.2, 0.25) is 0 Å². The Morgan fingerprint density at radius 2 is 1.15 bits per heavy atom. The molecule has 0 saturated carbocycles. The van der Waals surface area contributed by atoms with Crippen molar-refractivity contribution in [3.05, 3.63) is 0 Å². The Morgan fingerprint density at radius 1 is 0.667 bits per heavy atom. The van der Waals surface area contributed by atoms with Crippen LogP contribution in [0, 0.1) is 0 Å². The van der Waals surface area contributed by atoms with E-state index in [-0.39, 0.29) is 49.8 Å². The zero-order valence-electron chi connectivity index (χ0n) is 15.9. The number of ketones is 3. The van der Waals surface area contributed by atoms with E-state index in [4.69, 9.17) is 14.2 Å². The molecule has 0 spiro atoms. The van der Waals surface area contributed by atoms with Crippen LogP contribution in [0.25, 0.3) is 0 Å². The van der Waals surface area contributed by atoms with Crippen molar-refractivity contribution in [1.82, 2.24) is 0 Å². The van der Waals surface area contributed by atoms with Gasteiger partial charge in [-0.1, -0.05) is 0 Å². The van der Waals surface area contributed by atoms with E-state index in [1.807, 2.05) is 0 Å². The van der Waals surface area contributed by atoms with Crippen molar-refractivity contribution in [1.29, 1.82) is 0 Å². The van der Waals surface area contributed by atoms with Gasteiger partial charge in [0.2, 0.25) is 0 Å². The van der Waals surface area contributed by atoms with Crippen molar-refractivity contribution in [2.24, 2.45) is 0 Å². The summed E-state index contributed by atoms with van der Waals surface area (Å²) >= 11 is 0. The molecule has 0 radical (unpaired) electrons. The molecule has 0 bridgehead atoms. The van der Waals surface area contributed by atoms with Crippen molar-refractivity contribution in [2.45, 2.75) is 65.4 Å². The van der Waals surface area contributed by atoms with Crippen molar-refractivity contribution in [3.8, 4) is 0 Å².